The monoisotopic (exact) mass is 347 g/mol. The first kappa shape index (κ1) is 18.6. The van der Waals surface area contributed by atoms with E-state index in [-0.39, 0.29) is 5.91 Å². The van der Waals surface area contributed by atoms with Crippen molar-refractivity contribution >= 4 is 17.2 Å². The Kier molecular flexibility index (Phi) is 8.52. The lowest BCUT2D eigenvalue weighted by molar-refractivity contribution is -0.645. The molecule has 0 atom stereocenters. The zero-order valence-corrected chi connectivity index (χ0v) is 15.1. The number of benzene rings is 1. The van der Waals surface area contributed by atoms with Gasteiger partial charge >= 0.3 is 0 Å². The van der Waals surface area contributed by atoms with Crippen molar-refractivity contribution < 1.29 is 14.8 Å². The largest absolute Gasteiger partial charge is 0.382 e. The smallest absolute Gasteiger partial charge is 0.278 e. The van der Waals surface area contributed by atoms with Crippen LogP contribution in [0.15, 0.2) is 47.8 Å². The van der Waals surface area contributed by atoms with E-state index in [2.05, 4.69) is 28.9 Å². The van der Waals surface area contributed by atoms with Gasteiger partial charge in [-0.2, -0.15) is 0 Å². The van der Waals surface area contributed by atoms with E-state index in [1.807, 2.05) is 36.1 Å². The molecule has 130 valence electrons. The fraction of sp³-hybridized carbons (Fsp3) is 0.421. The standard InChI is InChI=1S/C19H26N2O2S/c1-2-23-12-7-11-20-14-19(22)21(16-18-10-6-13-24-18)15-17-8-4-3-5-9-17/h3-6,8-10,13,20H,2,7,11-12,14-16H2,1H3/p+1. The fourth-order valence-corrected chi connectivity index (χ4v) is 3.17. The number of hydrogen-bond acceptors (Lipinski definition) is 3. The minimum absolute atomic E-state index is 0.184. The van der Waals surface area contributed by atoms with Crippen LogP contribution >= 0.6 is 11.3 Å². The van der Waals surface area contributed by atoms with Gasteiger partial charge in [0.2, 0.25) is 0 Å². The molecule has 2 rings (SSSR count). The van der Waals surface area contributed by atoms with Gasteiger partial charge in [0.05, 0.1) is 19.7 Å². The van der Waals surface area contributed by atoms with E-state index in [0.717, 1.165) is 26.2 Å². The molecule has 2 aromatic rings. The first-order valence-electron chi connectivity index (χ1n) is 8.53. The second kappa shape index (κ2) is 11.0. The van der Waals surface area contributed by atoms with Crippen LogP contribution in [0.1, 0.15) is 23.8 Å². The number of nitrogens with zero attached hydrogens (tertiary/aromatic N) is 1. The average molecular weight is 348 g/mol. The summed E-state index contributed by atoms with van der Waals surface area (Å²) in [6, 6.07) is 14.3. The van der Waals surface area contributed by atoms with Crippen molar-refractivity contribution in [2.24, 2.45) is 0 Å². The van der Waals surface area contributed by atoms with Crippen LogP contribution in [0.3, 0.4) is 0 Å². The summed E-state index contributed by atoms with van der Waals surface area (Å²) in [5.74, 6) is 0.184. The summed E-state index contributed by atoms with van der Waals surface area (Å²) in [7, 11) is 0. The first-order valence-corrected chi connectivity index (χ1v) is 9.41. The Bertz CT molecular complexity index is 572. The van der Waals surface area contributed by atoms with Crippen molar-refractivity contribution in [1.29, 1.82) is 0 Å². The molecule has 0 aliphatic carbocycles. The highest BCUT2D eigenvalue weighted by Gasteiger charge is 2.16. The predicted octanol–water partition coefficient (Wildman–Crippen LogP) is 2.27. The molecule has 1 amide bonds. The Morgan fingerprint density at radius 1 is 1.17 bits per heavy atom. The number of thiophene rings is 1. The maximum Gasteiger partial charge on any atom is 0.278 e. The van der Waals surface area contributed by atoms with E-state index in [4.69, 9.17) is 4.74 Å². The van der Waals surface area contributed by atoms with Gasteiger partial charge in [-0.3, -0.25) is 4.79 Å². The van der Waals surface area contributed by atoms with Crippen molar-refractivity contribution in [2.45, 2.75) is 26.4 Å². The number of carbonyl (C=O) groups excluding carboxylic acids is 1. The van der Waals surface area contributed by atoms with Crippen molar-refractivity contribution in [2.75, 3.05) is 26.3 Å². The zero-order chi connectivity index (χ0) is 17.0. The molecular formula is C19H27N2O2S+. The number of hydrogen-bond donors (Lipinski definition) is 1. The maximum absolute atomic E-state index is 12.6. The van der Waals surface area contributed by atoms with Gasteiger partial charge in [0, 0.05) is 24.4 Å². The lowest BCUT2D eigenvalue weighted by Gasteiger charge is -2.21. The maximum atomic E-state index is 12.6. The molecule has 1 aromatic heterocycles. The molecule has 0 radical (unpaired) electrons. The van der Waals surface area contributed by atoms with Crippen LogP contribution in [0.2, 0.25) is 0 Å². The zero-order valence-electron chi connectivity index (χ0n) is 14.3. The molecule has 0 saturated carbocycles. The van der Waals surface area contributed by atoms with Crippen LogP contribution in [0.5, 0.6) is 0 Å². The summed E-state index contributed by atoms with van der Waals surface area (Å²) in [5.41, 5.74) is 1.17. The van der Waals surface area contributed by atoms with Crippen LogP contribution in [0.25, 0.3) is 0 Å². The normalized spacial score (nSPS) is 10.7. The molecule has 2 N–H and O–H groups in total. The van der Waals surface area contributed by atoms with Gasteiger partial charge in [-0.25, -0.2) is 0 Å². The van der Waals surface area contributed by atoms with E-state index in [1.54, 1.807) is 11.3 Å². The third kappa shape index (κ3) is 6.83. The molecule has 1 heterocycles. The molecule has 0 bridgehead atoms. The lowest BCUT2D eigenvalue weighted by Crippen LogP contribution is -2.86. The van der Waals surface area contributed by atoms with Crippen molar-refractivity contribution in [3.8, 4) is 0 Å². The van der Waals surface area contributed by atoms with Gasteiger partial charge in [-0.05, 0) is 23.9 Å². The summed E-state index contributed by atoms with van der Waals surface area (Å²) < 4.78 is 5.32. The number of ether oxygens (including phenoxy) is 1. The highest BCUT2D eigenvalue weighted by Crippen LogP contribution is 2.14. The van der Waals surface area contributed by atoms with Crippen LogP contribution in [0, 0.1) is 0 Å². The quantitative estimate of drug-likeness (QED) is 0.634. The molecule has 5 heteroatoms. The Morgan fingerprint density at radius 2 is 2.00 bits per heavy atom. The van der Waals surface area contributed by atoms with Gasteiger partial charge in [-0.15, -0.1) is 11.3 Å². The summed E-state index contributed by atoms with van der Waals surface area (Å²) >= 11 is 1.70. The second-order valence-electron chi connectivity index (χ2n) is 5.65. The average Bonchev–Trinajstić information content (AvgIpc) is 3.11. The number of carbonyl (C=O) groups is 1. The molecule has 0 aliphatic rings. The van der Waals surface area contributed by atoms with Crippen LogP contribution < -0.4 is 5.32 Å². The molecule has 4 nitrogen and oxygen atoms in total. The van der Waals surface area contributed by atoms with E-state index in [1.165, 1.54) is 10.4 Å². The minimum atomic E-state index is 0.184. The Labute approximate surface area is 148 Å². The molecule has 0 fully saturated rings. The summed E-state index contributed by atoms with van der Waals surface area (Å²) in [4.78, 5) is 15.8. The topological polar surface area (TPSA) is 46.1 Å². The Hall–Kier alpha value is -1.69. The molecule has 0 saturated heterocycles. The predicted molar refractivity (Wildman–Crippen MR) is 97.8 cm³/mol. The Balaban J connectivity index is 1.85. The minimum Gasteiger partial charge on any atom is -0.382 e. The van der Waals surface area contributed by atoms with E-state index in [0.29, 0.717) is 19.6 Å². The summed E-state index contributed by atoms with van der Waals surface area (Å²) in [6.07, 6.45) is 0.977. The van der Waals surface area contributed by atoms with E-state index in [9.17, 15) is 4.79 Å². The number of nitrogens with two attached hydrogens (primary N) is 1. The molecule has 1 aromatic carbocycles. The summed E-state index contributed by atoms with van der Waals surface area (Å²) in [5, 5.41) is 4.13. The van der Waals surface area contributed by atoms with Crippen molar-refractivity contribution in [3.63, 3.8) is 0 Å². The SMILES string of the molecule is CCOCCC[NH2+]CC(=O)N(Cc1ccccc1)Cc1cccs1. The van der Waals surface area contributed by atoms with E-state index < -0.39 is 0 Å². The van der Waals surface area contributed by atoms with Crippen LogP contribution in [-0.4, -0.2) is 37.1 Å². The van der Waals surface area contributed by atoms with Crippen LogP contribution in [-0.2, 0) is 22.6 Å². The highest BCUT2D eigenvalue weighted by atomic mass is 32.1. The fourth-order valence-electron chi connectivity index (χ4n) is 2.46. The molecular weight excluding hydrogens is 320 g/mol. The Morgan fingerprint density at radius 3 is 2.71 bits per heavy atom. The van der Waals surface area contributed by atoms with Gasteiger partial charge in [0.25, 0.3) is 5.91 Å². The highest BCUT2D eigenvalue weighted by molar-refractivity contribution is 7.09. The number of quaternary nitrogens is 1. The van der Waals surface area contributed by atoms with Crippen LogP contribution in [0.4, 0.5) is 0 Å². The van der Waals surface area contributed by atoms with Crippen molar-refractivity contribution in [1.82, 2.24) is 4.90 Å². The van der Waals surface area contributed by atoms with Crippen molar-refractivity contribution in [3.05, 3.63) is 58.3 Å². The van der Waals surface area contributed by atoms with Gasteiger partial charge in [-0.1, -0.05) is 36.4 Å². The number of amides is 1. The second-order valence-corrected chi connectivity index (χ2v) is 6.68. The van der Waals surface area contributed by atoms with Gasteiger partial charge in [0.1, 0.15) is 0 Å². The third-order valence-electron chi connectivity index (χ3n) is 3.72. The first-order chi connectivity index (χ1) is 11.8. The van der Waals surface area contributed by atoms with Gasteiger partial charge < -0.3 is 15.0 Å². The molecule has 0 aliphatic heterocycles. The molecule has 0 unspecified atom stereocenters. The van der Waals surface area contributed by atoms with Gasteiger partial charge in [0.15, 0.2) is 6.54 Å². The van der Waals surface area contributed by atoms with E-state index >= 15 is 0 Å². The number of rotatable bonds is 11. The molecule has 24 heavy (non-hydrogen) atoms. The third-order valence-corrected chi connectivity index (χ3v) is 4.58. The summed E-state index contributed by atoms with van der Waals surface area (Å²) in [6.45, 7) is 6.27. The molecule has 0 spiro atoms. The lowest BCUT2D eigenvalue weighted by atomic mass is 10.2.